The van der Waals surface area contributed by atoms with E-state index in [0.29, 0.717) is 15.9 Å². The van der Waals surface area contributed by atoms with Gasteiger partial charge in [-0.1, -0.05) is 23.2 Å². The first-order chi connectivity index (χ1) is 7.49. The Morgan fingerprint density at radius 3 is 2.50 bits per heavy atom. The van der Waals surface area contributed by atoms with Gasteiger partial charge >= 0.3 is 0 Å². The smallest absolute Gasteiger partial charge is 0.300 e. The van der Waals surface area contributed by atoms with E-state index in [2.05, 4.69) is 4.98 Å². The zero-order valence-corrected chi connectivity index (χ0v) is 9.26. The van der Waals surface area contributed by atoms with Crippen molar-refractivity contribution in [2.75, 3.05) is 0 Å². The standard InChI is InChI=1S/C10H5Cl2NO3/c11-4-1-6(12)5-3-8(14)9(15)10(16)13-7(5)2-4/h1-3H,(H2,13,14,15,16). The van der Waals surface area contributed by atoms with Crippen LogP contribution in [-0.4, -0.2) is 10.1 Å². The van der Waals surface area contributed by atoms with Crippen LogP contribution in [0.25, 0.3) is 10.9 Å². The number of halogens is 2. The Bertz CT molecular complexity index is 694. The average Bonchev–Trinajstić information content (AvgIpc) is 2.29. The van der Waals surface area contributed by atoms with E-state index in [1.54, 1.807) is 0 Å². The van der Waals surface area contributed by atoms with E-state index < -0.39 is 16.7 Å². The third-order valence-corrected chi connectivity index (χ3v) is 2.59. The molecule has 6 heteroatoms. The number of nitrogens with one attached hydrogen (secondary N) is 1. The summed E-state index contributed by atoms with van der Waals surface area (Å²) in [7, 11) is 0. The quantitative estimate of drug-likeness (QED) is 0.709. The third kappa shape index (κ3) is 1.77. The van der Waals surface area contributed by atoms with Gasteiger partial charge in [0.25, 0.3) is 11.0 Å². The Kier molecular flexibility index (Phi) is 2.61. The lowest BCUT2D eigenvalue weighted by Gasteiger charge is -1.97. The second-order valence-electron chi connectivity index (χ2n) is 3.16. The lowest BCUT2D eigenvalue weighted by atomic mass is 10.2. The van der Waals surface area contributed by atoms with E-state index in [4.69, 9.17) is 23.2 Å². The highest BCUT2D eigenvalue weighted by Gasteiger charge is 2.06. The van der Waals surface area contributed by atoms with E-state index in [1.807, 2.05) is 0 Å². The zero-order valence-electron chi connectivity index (χ0n) is 7.75. The lowest BCUT2D eigenvalue weighted by Crippen LogP contribution is -2.22. The summed E-state index contributed by atoms with van der Waals surface area (Å²) in [5, 5.41) is 10.2. The molecule has 0 aliphatic rings. The van der Waals surface area contributed by atoms with Crippen molar-refractivity contribution in [2.45, 2.75) is 0 Å². The molecule has 0 atom stereocenters. The molecule has 2 aromatic rings. The molecule has 16 heavy (non-hydrogen) atoms. The fraction of sp³-hybridized carbons (Fsp3) is 0. The maximum atomic E-state index is 11.3. The number of fused-ring (bicyclic) bond motifs is 1. The number of benzene rings is 1. The van der Waals surface area contributed by atoms with Gasteiger partial charge < -0.3 is 10.1 Å². The van der Waals surface area contributed by atoms with Crippen LogP contribution >= 0.6 is 23.2 Å². The molecule has 2 N–H and O–H groups in total. The minimum absolute atomic E-state index is 0.240. The molecule has 0 aliphatic carbocycles. The van der Waals surface area contributed by atoms with Gasteiger partial charge in [-0.05, 0) is 18.2 Å². The van der Waals surface area contributed by atoms with Crippen molar-refractivity contribution < 1.29 is 5.11 Å². The van der Waals surface area contributed by atoms with Gasteiger partial charge in [-0.15, -0.1) is 0 Å². The number of aromatic amines is 1. The van der Waals surface area contributed by atoms with Crippen LogP contribution in [-0.2, 0) is 0 Å². The normalized spacial score (nSPS) is 10.6. The third-order valence-electron chi connectivity index (χ3n) is 2.06. The molecular formula is C10H5Cl2NO3. The molecule has 82 valence electrons. The van der Waals surface area contributed by atoms with Gasteiger partial charge in [0.15, 0.2) is 5.75 Å². The molecule has 0 saturated heterocycles. The van der Waals surface area contributed by atoms with Crippen LogP contribution in [0.15, 0.2) is 27.8 Å². The first-order valence-electron chi connectivity index (χ1n) is 4.24. The average molecular weight is 258 g/mol. The van der Waals surface area contributed by atoms with Crippen LogP contribution < -0.4 is 11.0 Å². The van der Waals surface area contributed by atoms with Crippen molar-refractivity contribution >= 4 is 34.1 Å². The summed E-state index contributed by atoms with van der Waals surface area (Å²) in [6.45, 7) is 0. The molecule has 0 aliphatic heterocycles. The van der Waals surface area contributed by atoms with Gasteiger partial charge in [0, 0.05) is 10.4 Å². The van der Waals surface area contributed by atoms with Crippen molar-refractivity contribution in [3.8, 4) is 5.75 Å². The van der Waals surface area contributed by atoms with Gasteiger partial charge in [0.2, 0.25) is 0 Å². The molecule has 0 unspecified atom stereocenters. The van der Waals surface area contributed by atoms with Crippen LogP contribution in [0.3, 0.4) is 0 Å². The maximum Gasteiger partial charge on any atom is 0.300 e. The van der Waals surface area contributed by atoms with E-state index in [0.717, 1.165) is 6.07 Å². The van der Waals surface area contributed by atoms with Gasteiger partial charge in [0.05, 0.1) is 10.5 Å². The number of rotatable bonds is 0. The van der Waals surface area contributed by atoms with Gasteiger partial charge in [-0.25, -0.2) is 0 Å². The Hall–Kier alpha value is -1.52. The highest BCUT2D eigenvalue weighted by molar-refractivity contribution is 6.38. The minimum atomic E-state index is -1.01. The highest BCUT2D eigenvalue weighted by atomic mass is 35.5. The van der Waals surface area contributed by atoms with E-state index in [1.165, 1.54) is 12.1 Å². The predicted molar refractivity (Wildman–Crippen MR) is 62.5 cm³/mol. The molecule has 0 bridgehead atoms. The van der Waals surface area contributed by atoms with Crippen LogP contribution in [0.2, 0.25) is 10.0 Å². The molecule has 0 radical (unpaired) electrons. The SMILES string of the molecule is O=c1[nH]c2cc(Cl)cc(Cl)c2cc(O)c1=O. The molecule has 0 saturated carbocycles. The molecule has 2 rings (SSSR count). The van der Waals surface area contributed by atoms with Gasteiger partial charge in [0.1, 0.15) is 0 Å². The van der Waals surface area contributed by atoms with Crippen molar-refractivity contribution in [1.82, 2.24) is 4.98 Å². The Labute approximate surface area is 99.1 Å². The summed E-state index contributed by atoms with van der Waals surface area (Å²) in [5.41, 5.74) is -1.64. The monoisotopic (exact) mass is 257 g/mol. The van der Waals surface area contributed by atoms with Crippen LogP contribution in [0.1, 0.15) is 0 Å². The lowest BCUT2D eigenvalue weighted by molar-refractivity contribution is 0.470. The topological polar surface area (TPSA) is 70.2 Å². The number of hydrogen-bond donors (Lipinski definition) is 2. The zero-order chi connectivity index (χ0) is 11.9. The molecule has 0 fully saturated rings. The molecule has 1 heterocycles. The highest BCUT2D eigenvalue weighted by Crippen LogP contribution is 2.26. The largest absolute Gasteiger partial charge is 0.504 e. The summed E-state index contributed by atoms with van der Waals surface area (Å²) >= 11 is 11.6. The predicted octanol–water partition coefficient (Wildman–Crippen LogP) is 1.90. The summed E-state index contributed by atoms with van der Waals surface area (Å²) in [6, 6.07) is 4.03. The number of H-pyrrole nitrogens is 1. The first kappa shape index (κ1) is 11.0. The summed E-state index contributed by atoms with van der Waals surface area (Å²) in [6.07, 6.45) is 0. The number of aromatic hydroxyl groups is 1. The molecular weight excluding hydrogens is 253 g/mol. The van der Waals surface area contributed by atoms with Crippen molar-refractivity contribution in [2.24, 2.45) is 0 Å². The number of hydrogen-bond acceptors (Lipinski definition) is 3. The first-order valence-corrected chi connectivity index (χ1v) is 5.00. The Balaban J connectivity index is 3.12. The van der Waals surface area contributed by atoms with E-state index in [9.17, 15) is 14.7 Å². The fourth-order valence-electron chi connectivity index (χ4n) is 1.33. The molecule has 4 nitrogen and oxygen atoms in total. The van der Waals surface area contributed by atoms with Crippen molar-refractivity contribution in [1.29, 1.82) is 0 Å². The Morgan fingerprint density at radius 1 is 1.12 bits per heavy atom. The van der Waals surface area contributed by atoms with Crippen LogP contribution in [0.5, 0.6) is 5.75 Å². The molecule has 0 amide bonds. The number of aromatic nitrogens is 1. The second-order valence-corrected chi connectivity index (χ2v) is 4.01. The van der Waals surface area contributed by atoms with Gasteiger partial charge in [-0.2, -0.15) is 0 Å². The fourth-order valence-corrected chi connectivity index (χ4v) is 1.88. The molecule has 1 aromatic carbocycles. The van der Waals surface area contributed by atoms with Crippen molar-refractivity contribution in [3.63, 3.8) is 0 Å². The summed E-state index contributed by atoms with van der Waals surface area (Å²) in [5.74, 6) is -0.652. The van der Waals surface area contributed by atoms with Gasteiger partial charge in [-0.3, -0.25) is 9.59 Å². The summed E-state index contributed by atoms with van der Waals surface area (Å²) < 4.78 is 0. The van der Waals surface area contributed by atoms with Crippen molar-refractivity contribution in [3.05, 3.63) is 48.8 Å². The van der Waals surface area contributed by atoms with Crippen LogP contribution in [0.4, 0.5) is 0 Å². The maximum absolute atomic E-state index is 11.3. The molecule has 1 aromatic heterocycles. The van der Waals surface area contributed by atoms with E-state index in [-0.39, 0.29) is 5.02 Å². The van der Waals surface area contributed by atoms with Crippen LogP contribution in [0, 0.1) is 0 Å². The minimum Gasteiger partial charge on any atom is -0.504 e. The second kappa shape index (κ2) is 3.81. The summed E-state index contributed by atoms with van der Waals surface area (Å²) in [4.78, 5) is 24.8. The Morgan fingerprint density at radius 2 is 1.81 bits per heavy atom. The molecule has 0 spiro atoms. The van der Waals surface area contributed by atoms with E-state index >= 15 is 0 Å².